The summed E-state index contributed by atoms with van der Waals surface area (Å²) >= 11 is 0. The van der Waals surface area contributed by atoms with E-state index in [0.29, 0.717) is 25.0 Å². The minimum Gasteiger partial charge on any atom is -0.373 e. The second-order valence-electron chi connectivity index (χ2n) is 10.7. The van der Waals surface area contributed by atoms with Crippen LogP contribution in [0.1, 0.15) is 19.3 Å². The van der Waals surface area contributed by atoms with Gasteiger partial charge in [-0.05, 0) is 11.6 Å². The molecule has 150 valence electrons. The van der Waals surface area contributed by atoms with Crippen LogP contribution in [-0.4, -0.2) is 78.4 Å². The fourth-order valence-corrected chi connectivity index (χ4v) is 8.86. The van der Waals surface area contributed by atoms with Crippen molar-refractivity contribution < 1.29 is 28.1 Å². The SMILES string of the molecule is C[N+]12CCC34C5=CC(=O)C(=O)C=C5[N+]5(C)C(=O)CC6OCC=C(C1)C(CC32)C6C45. The van der Waals surface area contributed by atoms with E-state index in [0.717, 1.165) is 41.7 Å². The van der Waals surface area contributed by atoms with Gasteiger partial charge < -0.3 is 9.22 Å². The second-order valence-corrected chi connectivity index (χ2v) is 10.7. The molecular formula is C23H26N2O4+2. The number of rotatable bonds is 0. The molecule has 1 saturated carbocycles. The molecule has 5 aliphatic heterocycles. The summed E-state index contributed by atoms with van der Waals surface area (Å²) < 4.78 is 7.45. The van der Waals surface area contributed by atoms with Crippen LogP contribution in [0.25, 0.3) is 0 Å². The Kier molecular flexibility index (Phi) is 2.74. The van der Waals surface area contributed by atoms with Crippen LogP contribution in [0.2, 0.25) is 0 Å². The average molecular weight is 394 g/mol. The maximum Gasteiger partial charge on any atom is 0.321 e. The van der Waals surface area contributed by atoms with Crippen molar-refractivity contribution in [2.24, 2.45) is 17.3 Å². The first-order chi connectivity index (χ1) is 13.8. The van der Waals surface area contributed by atoms with Crippen LogP contribution in [0.4, 0.5) is 0 Å². The van der Waals surface area contributed by atoms with Crippen molar-refractivity contribution in [2.45, 2.75) is 37.5 Å². The summed E-state index contributed by atoms with van der Waals surface area (Å²) in [7, 11) is 4.37. The number of quaternary nitrogens is 2. The molecule has 5 fully saturated rings. The van der Waals surface area contributed by atoms with Gasteiger partial charge in [0.25, 0.3) is 0 Å². The van der Waals surface area contributed by atoms with Crippen molar-refractivity contribution in [3.8, 4) is 0 Å². The van der Waals surface area contributed by atoms with Crippen molar-refractivity contribution in [1.82, 2.24) is 0 Å². The van der Waals surface area contributed by atoms with Gasteiger partial charge in [0, 0.05) is 30.3 Å². The molecule has 0 N–H and O–H groups in total. The molecule has 7 rings (SSSR count). The van der Waals surface area contributed by atoms with Gasteiger partial charge in [-0.2, -0.15) is 0 Å². The van der Waals surface area contributed by atoms with Gasteiger partial charge in [-0.15, -0.1) is 0 Å². The minimum atomic E-state index is -0.482. The highest BCUT2D eigenvalue weighted by Crippen LogP contribution is 2.71. The van der Waals surface area contributed by atoms with Crippen LogP contribution in [0.15, 0.2) is 35.1 Å². The number of likely N-dealkylation sites (N-methyl/N-ethyl adjacent to an activating group) is 2. The van der Waals surface area contributed by atoms with Crippen LogP contribution >= 0.6 is 0 Å². The maximum absolute atomic E-state index is 13.6. The van der Waals surface area contributed by atoms with Gasteiger partial charge in [-0.3, -0.25) is 9.59 Å². The molecular weight excluding hydrogens is 368 g/mol. The maximum atomic E-state index is 13.6. The zero-order valence-corrected chi connectivity index (χ0v) is 16.9. The topological polar surface area (TPSA) is 60.4 Å². The van der Waals surface area contributed by atoms with E-state index in [9.17, 15) is 14.4 Å². The monoisotopic (exact) mass is 394 g/mol. The molecule has 8 unspecified atom stereocenters. The minimum absolute atomic E-state index is 0.0551. The Bertz CT molecular complexity index is 1040. The molecule has 6 nitrogen and oxygen atoms in total. The van der Waals surface area contributed by atoms with Gasteiger partial charge in [0.15, 0.2) is 0 Å². The normalized spacial score (nSPS) is 53.8. The number of carbonyl (C=O) groups excluding carboxylic acids is 3. The molecule has 2 aliphatic carbocycles. The summed E-state index contributed by atoms with van der Waals surface area (Å²) in [6.45, 7) is 2.70. The molecule has 8 atom stereocenters. The number of piperidine rings is 2. The van der Waals surface area contributed by atoms with E-state index in [2.05, 4.69) is 13.1 Å². The first-order valence-electron chi connectivity index (χ1n) is 10.9. The largest absolute Gasteiger partial charge is 0.373 e. The van der Waals surface area contributed by atoms with Crippen molar-refractivity contribution in [3.05, 3.63) is 35.1 Å². The van der Waals surface area contributed by atoms with Gasteiger partial charge in [0.1, 0.15) is 29.7 Å². The summed E-state index contributed by atoms with van der Waals surface area (Å²) in [5, 5.41) is 0. The highest BCUT2D eigenvalue weighted by Gasteiger charge is 2.82. The zero-order valence-electron chi connectivity index (χ0n) is 16.9. The molecule has 1 spiro atoms. The predicted octanol–water partition coefficient (Wildman–Crippen LogP) is 0.888. The number of ketones is 2. The predicted molar refractivity (Wildman–Crippen MR) is 102 cm³/mol. The molecule has 0 radical (unpaired) electrons. The van der Waals surface area contributed by atoms with Crippen molar-refractivity contribution >= 4 is 17.5 Å². The molecule has 2 bridgehead atoms. The van der Waals surface area contributed by atoms with Gasteiger partial charge in [-0.1, -0.05) is 6.08 Å². The van der Waals surface area contributed by atoms with Crippen LogP contribution in [0, 0.1) is 17.3 Å². The summed E-state index contributed by atoms with van der Waals surface area (Å²) in [4.78, 5) is 38.5. The van der Waals surface area contributed by atoms with Gasteiger partial charge in [0.2, 0.25) is 11.6 Å². The summed E-state index contributed by atoms with van der Waals surface area (Å²) in [6.07, 6.45) is 7.83. The van der Waals surface area contributed by atoms with Crippen LogP contribution in [0.3, 0.4) is 0 Å². The Hall–Kier alpha value is -1.89. The number of hydrogen-bond donors (Lipinski definition) is 0. The van der Waals surface area contributed by atoms with Crippen molar-refractivity contribution in [3.63, 3.8) is 0 Å². The molecule has 7 aliphatic rings. The van der Waals surface area contributed by atoms with E-state index >= 15 is 0 Å². The lowest BCUT2D eigenvalue weighted by molar-refractivity contribution is -0.931. The summed E-state index contributed by atoms with van der Waals surface area (Å²) in [5.74, 6) is -0.0494. The Morgan fingerprint density at radius 2 is 1.93 bits per heavy atom. The molecule has 0 aromatic carbocycles. The van der Waals surface area contributed by atoms with E-state index in [1.54, 1.807) is 6.08 Å². The van der Waals surface area contributed by atoms with Gasteiger partial charge in [-0.25, -0.2) is 9.28 Å². The summed E-state index contributed by atoms with van der Waals surface area (Å²) in [6, 6.07) is 0.460. The molecule has 5 heterocycles. The number of ether oxygens (including phenoxy) is 1. The third-order valence-electron chi connectivity index (χ3n) is 9.84. The Morgan fingerprint density at radius 3 is 2.76 bits per heavy atom. The lowest BCUT2D eigenvalue weighted by Crippen LogP contribution is -2.73. The Labute approximate surface area is 169 Å². The molecule has 0 aromatic heterocycles. The smallest absolute Gasteiger partial charge is 0.321 e. The lowest BCUT2D eigenvalue weighted by Gasteiger charge is -2.59. The highest BCUT2D eigenvalue weighted by atomic mass is 16.5. The third-order valence-corrected chi connectivity index (χ3v) is 9.84. The standard InChI is InChI=1S/C23H26N2O4/c1-24-5-4-23-14-8-16(26)17(27)9-15(14)25(2)20(28)10-18-21(22(23)25)13(7-19(23)24)12(11-24)3-6-29-18/h3,8-9,13,18-19,21-22H,4-7,10-11H2,1-2H3/q+2. The van der Waals surface area contributed by atoms with Crippen LogP contribution < -0.4 is 0 Å². The van der Waals surface area contributed by atoms with E-state index < -0.39 is 11.6 Å². The second kappa shape index (κ2) is 4.71. The van der Waals surface area contributed by atoms with Gasteiger partial charge >= 0.3 is 5.91 Å². The number of hydrogen-bond acceptors (Lipinski definition) is 4. The van der Waals surface area contributed by atoms with E-state index in [1.807, 2.05) is 7.05 Å². The fraction of sp³-hybridized carbons (Fsp3) is 0.609. The van der Waals surface area contributed by atoms with Crippen molar-refractivity contribution in [1.29, 1.82) is 0 Å². The first-order valence-corrected chi connectivity index (χ1v) is 10.9. The Balaban J connectivity index is 1.58. The van der Waals surface area contributed by atoms with E-state index in [4.69, 9.17) is 4.74 Å². The molecule has 29 heavy (non-hydrogen) atoms. The highest BCUT2D eigenvalue weighted by molar-refractivity contribution is 6.46. The molecule has 6 heteroatoms. The molecule has 0 aromatic rings. The zero-order chi connectivity index (χ0) is 19.9. The van der Waals surface area contributed by atoms with Crippen LogP contribution in [0.5, 0.6) is 0 Å². The average Bonchev–Trinajstić information content (AvgIpc) is 3.03. The number of amides is 1. The number of carbonyl (C=O) groups is 3. The van der Waals surface area contributed by atoms with Crippen LogP contribution in [-0.2, 0) is 19.1 Å². The van der Waals surface area contributed by atoms with Crippen molar-refractivity contribution in [2.75, 3.05) is 33.8 Å². The number of nitrogens with zero attached hydrogens (tertiary/aromatic N) is 2. The van der Waals surface area contributed by atoms with E-state index in [1.165, 1.54) is 11.6 Å². The fourth-order valence-electron chi connectivity index (χ4n) is 8.86. The molecule has 1 amide bonds. The third kappa shape index (κ3) is 1.58. The first kappa shape index (κ1) is 16.9. The number of fused-ring (bicyclic) bond motifs is 2. The van der Waals surface area contributed by atoms with E-state index in [-0.39, 0.29) is 33.9 Å². The lowest BCUT2D eigenvalue weighted by atomic mass is 9.52. The summed E-state index contributed by atoms with van der Waals surface area (Å²) in [5.41, 5.74) is 3.11. The Morgan fingerprint density at radius 1 is 1.14 bits per heavy atom. The molecule has 4 saturated heterocycles. The van der Waals surface area contributed by atoms with Gasteiger partial charge in [0.05, 0.1) is 45.8 Å². The quantitative estimate of drug-likeness (QED) is 0.265. The number of allylic oxidation sites excluding steroid dienone is 3.